The van der Waals surface area contributed by atoms with E-state index in [2.05, 4.69) is 11.0 Å². The van der Waals surface area contributed by atoms with E-state index < -0.39 is 5.60 Å². The van der Waals surface area contributed by atoms with Crippen LogP contribution >= 0.6 is 0 Å². The van der Waals surface area contributed by atoms with Crippen molar-refractivity contribution in [3.05, 3.63) is 35.4 Å². The number of ether oxygens (including phenoxy) is 1. The molecule has 1 atom stereocenters. The molecule has 1 heterocycles. The van der Waals surface area contributed by atoms with Crippen LogP contribution in [0.25, 0.3) is 0 Å². The lowest BCUT2D eigenvalue weighted by Crippen LogP contribution is -2.40. The number of nitrogens with zero attached hydrogens (tertiary/aromatic N) is 2. The van der Waals surface area contributed by atoms with Gasteiger partial charge in [0.05, 0.1) is 11.6 Å². The molecule has 0 unspecified atom stereocenters. The molecular weight excluding hydrogens is 264 g/mol. The average molecular weight is 286 g/mol. The third-order valence-corrected chi connectivity index (χ3v) is 3.55. The van der Waals surface area contributed by atoms with Crippen molar-refractivity contribution in [2.45, 2.75) is 51.8 Å². The lowest BCUT2D eigenvalue weighted by atomic mass is 10.1. The fraction of sp³-hybridized carbons (Fsp3) is 0.529. The van der Waals surface area contributed by atoms with Crippen molar-refractivity contribution in [2.24, 2.45) is 0 Å². The fourth-order valence-corrected chi connectivity index (χ4v) is 2.64. The Labute approximate surface area is 126 Å². The Morgan fingerprint density at radius 1 is 1.43 bits per heavy atom. The fourth-order valence-electron chi connectivity index (χ4n) is 2.64. The number of esters is 1. The highest BCUT2D eigenvalue weighted by Crippen LogP contribution is 2.24. The summed E-state index contributed by atoms with van der Waals surface area (Å²) in [5.41, 5.74) is 1.18. The molecule has 2 rings (SSSR count). The van der Waals surface area contributed by atoms with Crippen LogP contribution in [0.5, 0.6) is 0 Å². The molecule has 1 aromatic rings. The molecule has 0 radical (unpaired) electrons. The number of hydrogen-bond donors (Lipinski definition) is 0. The molecule has 1 fully saturated rings. The van der Waals surface area contributed by atoms with Gasteiger partial charge in [0.1, 0.15) is 11.6 Å². The number of hydrogen-bond acceptors (Lipinski definition) is 4. The van der Waals surface area contributed by atoms with Gasteiger partial charge in [-0.2, -0.15) is 5.26 Å². The third-order valence-electron chi connectivity index (χ3n) is 3.55. The Morgan fingerprint density at radius 2 is 2.14 bits per heavy atom. The van der Waals surface area contributed by atoms with Gasteiger partial charge in [-0.1, -0.05) is 18.2 Å². The molecule has 1 aliphatic rings. The zero-order valence-electron chi connectivity index (χ0n) is 12.9. The highest BCUT2D eigenvalue weighted by atomic mass is 16.6. The van der Waals surface area contributed by atoms with E-state index in [-0.39, 0.29) is 12.0 Å². The summed E-state index contributed by atoms with van der Waals surface area (Å²) in [5.74, 6) is -0.158. The van der Waals surface area contributed by atoms with Crippen molar-refractivity contribution in [2.75, 3.05) is 6.54 Å². The van der Waals surface area contributed by atoms with Crippen molar-refractivity contribution in [3.63, 3.8) is 0 Å². The van der Waals surface area contributed by atoms with E-state index in [4.69, 9.17) is 10.00 Å². The number of likely N-dealkylation sites (tertiary alicyclic amines) is 1. The molecule has 1 saturated heterocycles. The van der Waals surface area contributed by atoms with Gasteiger partial charge in [-0.15, -0.1) is 0 Å². The first kappa shape index (κ1) is 15.5. The van der Waals surface area contributed by atoms with Gasteiger partial charge >= 0.3 is 5.97 Å². The molecule has 0 bridgehead atoms. The average Bonchev–Trinajstić information content (AvgIpc) is 2.85. The van der Waals surface area contributed by atoms with Gasteiger partial charge < -0.3 is 4.74 Å². The minimum absolute atomic E-state index is 0.158. The van der Waals surface area contributed by atoms with E-state index in [1.807, 2.05) is 45.0 Å². The number of carbonyl (C=O) groups excluding carboxylic acids is 1. The summed E-state index contributed by atoms with van der Waals surface area (Å²) in [6.45, 7) is 7.14. The SMILES string of the molecule is CC(C)(C)OC(=O)[C@@H]1CCCN1Cc1ccccc1C#N. The molecule has 0 N–H and O–H groups in total. The van der Waals surface area contributed by atoms with E-state index >= 15 is 0 Å². The predicted molar refractivity (Wildman–Crippen MR) is 80.4 cm³/mol. The van der Waals surface area contributed by atoms with E-state index in [0.29, 0.717) is 12.1 Å². The molecule has 1 aliphatic heterocycles. The summed E-state index contributed by atoms with van der Waals surface area (Å²) in [6, 6.07) is 9.56. The first-order valence-corrected chi connectivity index (χ1v) is 7.35. The monoisotopic (exact) mass is 286 g/mol. The van der Waals surface area contributed by atoms with Crippen LogP contribution in [0, 0.1) is 11.3 Å². The lowest BCUT2D eigenvalue weighted by molar-refractivity contribution is -0.160. The molecule has 112 valence electrons. The summed E-state index contributed by atoms with van der Waals surface area (Å²) in [7, 11) is 0. The van der Waals surface area contributed by atoms with Gasteiger partial charge in [0.15, 0.2) is 0 Å². The predicted octanol–water partition coefficient (Wildman–Crippen LogP) is 2.86. The second-order valence-electron chi connectivity index (χ2n) is 6.43. The van der Waals surface area contributed by atoms with Gasteiger partial charge in [-0.05, 0) is 51.8 Å². The molecular formula is C17H22N2O2. The van der Waals surface area contributed by atoms with Gasteiger partial charge in [0.25, 0.3) is 0 Å². The molecule has 0 spiro atoms. The maximum absolute atomic E-state index is 12.3. The second kappa shape index (κ2) is 6.28. The Hall–Kier alpha value is -1.86. The van der Waals surface area contributed by atoms with Crippen molar-refractivity contribution in [1.82, 2.24) is 4.90 Å². The van der Waals surface area contributed by atoms with Crippen LogP contribution in [0.3, 0.4) is 0 Å². The topological polar surface area (TPSA) is 53.3 Å². The number of benzene rings is 1. The number of rotatable bonds is 3. The highest BCUT2D eigenvalue weighted by molar-refractivity contribution is 5.76. The molecule has 0 amide bonds. The largest absolute Gasteiger partial charge is 0.459 e. The van der Waals surface area contributed by atoms with Gasteiger partial charge in [-0.25, -0.2) is 0 Å². The summed E-state index contributed by atoms with van der Waals surface area (Å²) >= 11 is 0. The Morgan fingerprint density at radius 3 is 2.81 bits per heavy atom. The van der Waals surface area contributed by atoms with Crippen molar-refractivity contribution in [1.29, 1.82) is 5.26 Å². The maximum Gasteiger partial charge on any atom is 0.323 e. The minimum Gasteiger partial charge on any atom is -0.459 e. The van der Waals surface area contributed by atoms with Crippen LogP contribution in [0.15, 0.2) is 24.3 Å². The van der Waals surface area contributed by atoms with Crippen molar-refractivity contribution in [3.8, 4) is 6.07 Å². The van der Waals surface area contributed by atoms with E-state index in [0.717, 1.165) is 24.9 Å². The Balaban J connectivity index is 2.09. The van der Waals surface area contributed by atoms with Crippen LogP contribution in [-0.2, 0) is 16.1 Å². The Kier molecular flexibility index (Phi) is 4.64. The third kappa shape index (κ3) is 4.05. The van der Waals surface area contributed by atoms with Gasteiger partial charge in [-0.3, -0.25) is 9.69 Å². The molecule has 4 nitrogen and oxygen atoms in total. The quantitative estimate of drug-likeness (QED) is 0.802. The number of nitriles is 1. The van der Waals surface area contributed by atoms with Crippen LogP contribution in [0.4, 0.5) is 0 Å². The van der Waals surface area contributed by atoms with Gasteiger partial charge in [0, 0.05) is 6.54 Å². The maximum atomic E-state index is 12.3. The molecule has 21 heavy (non-hydrogen) atoms. The lowest BCUT2D eigenvalue weighted by Gasteiger charge is -2.27. The summed E-state index contributed by atoms with van der Waals surface area (Å²) < 4.78 is 5.50. The molecule has 0 aliphatic carbocycles. The molecule has 1 aromatic carbocycles. The van der Waals surface area contributed by atoms with Crippen molar-refractivity contribution < 1.29 is 9.53 Å². The smallest absolute Gasteiger partial charge is 0.323 e. The summed E-state index contributed by atoms with van der Waals surface area (Å²) in [5, 5.41) is 9.16. The number of carbonyl (C=O) groups is 1. The van der Waals surface area contributed by atoms with Crippen LogP contribution in [0.2, 0.25) is 0 Å². The molecule has 0 aromatic heterocycles. The highest BCUT2D eigenvalue weighted by Gasteiger charge is 2.34. The van der Waals surface area contributed by atoms with Crippen LogP contribution in [0.1, 0.15) is 44.7 Å². The molecule has 4 heteroatoms. The second-order valence-corrected chi connectivity index (χ2v) is 6.43. The molecule has 0 saturated carbocycles. The summed E-state index contributed by atoms with van der Waals surface area (Å²) in [4.78, 5) is 14.4. The van der Waals surface area contributed by atoms with E-state index in [1.54, 1.807) is 0 Å². The Bertz CT molecular complexity index is 555. The summed E-state index contributed by atoms with van der Waals surface area (Å²) in [6.07, 6.45) is 1.81. The normalized spacial score (nSPS) is 19.2. The first-order valence-electron chi connectivity index (χ1n) is 7.35. The van der Waals surface area contributed by atoms with Crippen LogP contribution in [-0.4, -0.2) is 29.1 Å². The minimum atomic E-state index is -0.462. The van der Waals surface area contributed by atoms with E-state index in [1.165, 1.54) is 0 Å². The first-order chi connectivity index (χ1) is 9.90. The van der Waals surface area contributed by atoms with Gasteiger partial charge in [0.2, 0.25) is 0 Å². The standard InChI is InChI=1S/C17H22N2O2/c1-17(2,3)21-16(20)15-9-6-10-19(15)12-14-8-5-4-7-13(14)11-18/h4-5,7-8,15H,6,9-10,12H2,1-3H3/t15-/m0/s1. The van der Waals surface area contributed by atoms with Crippen molar-refractivity contribution >= 4 is 5.97 Å². The zero-order chi connectivity index (χ0) is 15.5. The van der Waals surface area contributed by atoms with Crippen LogP contribution < -0.4 is 0 Å². The zero-order valence-corrected chi connectivity index (χ0v) is 12.9. The van der Waals surface area contributed by atoms with E-state index in [9.17, 15) is 4.79 Å².